The Morgan fingerprint density at radius 1 is 1.42 bits per heavy atom. The summed E-state index contributed by atoms with van der Waals surface area (Å²) in [7, 11) is 1.61. The maximum absolute atomic E-state index is 11.4. The number of hydrogen-bond donors (Lipinski definition) is 3. The molecule has 1 aromatic heterocycles. The Morgan fingerprint density at radius 2 is 2.05 bits per heavy atom. The molecule has 1 aromatic rings. The molecule has 3 N–H and O–H groups in total. The summed E-state index contributed by atoms with van der Waals surface area (Å²) in [5.41, 5.74) is -0.0916. The van der Waals surface area contributed by atoms with E-state index in [-0.39, 0.29) is 30.0 Å². The second-order valence-electron chi connectivity index (χ2n) is 4.18. The van der Waals surface area contributed by atoms with Crippen molar-refractivity contribution in [2.24, 2.45) is 0 Å². The summed E-state index contributed by atoms with van der Waals surface area (Å²) in [6, 6.07) is 2.64. The van der Waals surface area contributed by atoms with Crippen LogP contribution >= 0.6 is 0 Å². The quantitative estimate of drug-likeness (QED) is 0.523. The second kappa shape index (κ2) is 6.53. The van der Waals surface area contributed by atoms with Gasteiger partial charge < -0.3 is 16.0 Å². The zero-order valence-corrected chi connectivity index (χ0v) is 11.1. The van der Waals surface area contributed by atoms with Crippen LogP contribution in [0.1, 0.15) is 13.8 Å². The van der Waals surface area contributed by atoms with Crippen molar-refractivity contribution in [3.8, 4) is 0 Å². The molecule has 0 atom stereocenters. The van der Waals surface area contributed by atoms with Gasteiger partial charge in [0.1, 0.15) is 11.6 Å². The van der Waals surface area contributed by atoms with Crippen molar-refractivity contribution in [3.63, 3.8) is 0 Å². The van der Waals surface area contributed by atoms with E-state index in [9.17, 15) is 14.9 Å². The molecule has 0 saturated heterocycles. The summed E-state index contributed by atoms with van der Waals surface area (Å²) >= 11 is 0. The van der Waals surface area contributed by atoms with Crippen molar-refractivity contribution in [2.45, 2.75) is 19.9 Å². The van der Waals surface area contributed by atoms with Crippen LogP contribution in [0, 0.1) is 10.1 Å². The zero-order valence-electron chi connectivity index (χ0n) is 11.1. The molecule has 0 bridgehead atoms. The molecule has 8 nitrogen and oxygen atoms in total. The predicted molar refractivity (Wildman–Crippen MR) is 72.2 cm³/mol. The molecule has 0 aliphatic carbocycles. The van der Waals surface area contributed by atoms with Crippen molar-refractivity contribution >= 4 is 23.2 Å². The van der Waals surface area contributed by atoms with Crippen LogP contribution in [0.4, 0.5) is 17.3 Å². The Bertz CT molecular complexity index is 475. The summed E-state index contributed by atoms with van der Waals surface area (Å²) in [6.45, 7) is 3.71. The van der Waals surface area contributed by atoms with Gasteiger partial charge in [0, 0.05) is 13.1 Å². The van der Waals surface area contributed by atoms with Crippen LogP contribution in [0.15, 0.2) is 12.1 Å². The van der Waals surface area contributed by atoms with E-state index in [0.717, 1.165) is 0 Å². The molecule has 0 fully saturated rings. The van der Waals surface area contributed by atoms with Crippen LogP contribution in [0.25, 0.3) is 0 Å². The Morgan fingerprint density at radius 3 is 2.58 bits per heavy atom. The summed E-state index contributed by atoms with van der Waals surface area (Å²) in [5, 5.41) is 18.9. The van der Waals surface area contributed by atoms with Crippen molar-refractivity contribution in [1.82, 2.24) is 10.3 Å². The Hall–Kier alpha value is -2.38. The molecule has 104 valence electrons. The smallest absolute Gasteiger partial charge is 0.276 e. The highest BCUT2D eigenvalue weighted by Gasteiger charge is 2.11. The third-order valence-electron chi connectivity index (χ3n) is 2.16. The first kappa shape index (κ1) is 14.7. The van der Waals surface area contributed by atoms with E-state index >= 15 is 0 Å². The molecule has 1 rings (SSSR count). The molecule has 0 spiro atoms. The van der Waals surface area contributed by atoms with E-state index in [1.807, 2.05) is 13.8 Å². The predicted octanol–water partition coefficient (Wildman–Crippen LogP) is 0.968. The van der Waals surface area contributed by atoms with Crippen LogP contribution in [0.3, 0.4) is 0 Å². The summed E-state index contributed by atoms with van der Waals surface area (Å²) < 4.78 is 0. The van der Waals surface area contributed by atoms with Crippen molar-refractivity contribution in [2.75, 3.05) is 24.2 Å². The monoisotopic (exact) mass is 267 g/mol. The van der Waals surface area contributed by atoms with Gasteiger partial charge in [0.05, 0.1) is 23.6 Å². The number of pyridine rings is 1. The number of aromatic nitrogens is 1. The topological polar surface area (TPSA) is 109 Å². The van der Waals surface area contributed by atoms with Crippen LogP contribution < -0.4 is 16.0 Å². The fourth-order valence-corrected chi connectivity index (χ4v) is 1.38. The van der Waals surface area contributed by atoms with Gasteiger partial charge in [0.25, 0.3) is 5.69 Å². The minimum atomic E-state index is -0.512. The molecule has 0 radical (unpaired) electrons. The first-order chi connectivity index (χ1) is 8.92. The Kier molecular flexibility index (Phi) is 5.04. The maximum Gasteiger partial charge on any atom is 0.276 e. The standard InChI is InChI=1S/C11H17N5O3/c1-7(2)14-11(17)6-13-10-5-8(16(18)19)4-9(12-3)15-10/h4-5,7H,6H2,1-3H3,(H,14,17)(H2,12,13,15). The SMILES string of the molecule is CNc1cc([N+](=O)[O-])cc(NCC(=O)NC(C)C)n1. The second-order valence-corrected chi connectivity index (χ2v) is 4.18. The molecule has 19 heavy (non-hydrogen) atoms. The van der Waals surface area contributed by atoms with Gasteiger partial charge in [-0.2, -0.15) is 0 Å². The Balaban J connectivity index is 2.75. The lowest BCUT2D eigenvalue weighted by Gasteiger charge is -2.10. The fourth-order valence-electron chi connectivity index (χ4n) is 1.38. The van der Waals surface area contributed by atoms with Gasteiger partial charge in [-0.05, 0) is 13.8 Å². The zero-order chi connectivity index (χ0) is 14.4. The van der Waals surface area contributed by atoms with Crippen LogP contribution in [0.5, 0.6) is 0 Å². The van der Waals surface area contributed by atoms with Gasteiger partial charge in [-0.25, -0.2) is 4.98 Å². The first-order valence-corrected chi connectivity index (χ1v) is 5.80. The molecule has 0 saturated carbocycles. The van der Waals surface area contributed by atoms with E-state index < -0.39 is 4.92 Å². The molecule has 1 amide bonds. The molecule has 0 aliphatic heterocycles. The average Bonchev–Trinajstić information content (AvgIpc) is 2.35. The number of rotatable bonds is 6. The first-order valence-electron chi connectivity index (χ1n) is 5.80. The summed E-state index contributed by atoms with van der Waals surface area (Å²) in [6.07, 6.45) is 0. The summed E-state index contributed by atoms with van der Waals surface area (Å²) in [4.78, 5) is 25.8. The van der Waals surface area contributed by atoms with Gasteiger partial charge in [-0.3, -0.25) is 14.9 Å². The lowest BCUT2D eigenvalue weighted by molar-refractivity contribution is -0.384. The van der Waals surface area contributed by atoms with Crippen molar-refractivity contribution in [1.29, 1.82) is 0 Å². The largest absolute Gasteiger partial charge is 0.373 e. The average molecular weight is 267 g/mol. The third-order valence-corrected chi connectivity index (χ3v) is 2.16. The molecular weight excluding hydrogens is 250 g/mol. The minimum Gasteiger partial charge on any atom is -0.373 e. The summed E-state index contributed by atoms with van der Waals surface area (Å²) in [5.74, 6) is 0.438. The van der Waals surface area contributed by atoms with Crippen LogP contribution in [0.2, 0.25) is 0 Å². The number of hydrogen-bond acceptors (Lipinski definition) is 6. The number of carbonyl (C=O) groups is 1. The van der Waals surface area contributed by atoms with Gasteiger partial charge >= 0.3 is 0 Å². The molecule has 0 unspecified atom stereocenters. The lowest BCUT2D eigenvalue weighted by atomic mass is 10.3. The molecular formula is C11H17N5O3. The number of nitrogens with one attached hydrogen (secondary N) is 3. The van der Waals surface area contributed by atoms with Crippen LogP contribution in [-0.2, 0) is 4.79 Å². The van der Waals surface area contributed by atoms with Gasteiger partial charge in [-0.1, -0.05) is 0 Å². The molecule has 0 aromatic carbocycles. The van der Waals surface area contributed by atoms with E-state index in [0.29, 0.717) is 5.82 Å². The maximum atomic E-state index is 11.4. The third kappa shape index (κ3) is 4.78. The highest BCUT2D eigenvalue weighted by Crippen LogP contribution is 2.19. The number of amides is 1. The van der Waals surface area contributed by atoms with E-state index in [2.05, 4.69) is 20.9 Å². The Labute approximate surface area is 110 Å². The van der Waals surface area contributed by atoms with Gasteiger partial charge in [0.2, 0.25) is 5.91 Å². The van der Waals surface area contributed by atoms with Crippen molar-refractivity contribution < 1.29 is 9.72 Å². The van der Waals surface area contributed by atoms with Crippen molar-refractivity contribution in [3.05, 3.63) is 22.2 Å². The number of anilines is 2. The van der Waals surface area contributed by atoms with E-state index in [1.165, 1.54) is 12.1 Å². The van der Waals surface area contributed by atoms with Gasteiger partial charge in [0.15, 0.2) is 0 Å². The van der Waals surface area contributed by atoms with E-state index in [1.54, 1.807) is 7.05 Å². The fraction of sp³-hybridized carbons (Fsp3) is 0.455. The lowest BCUT2D eigenvalue weighted by Crippen LogP contribution is -2.35. The molecule has 1 heterocycles. The van der Waals surface area contributed by atoms with Gasteiger partial charge in [-0.15, -0.1) is 0 Å². The molecule has 0 aliphatic rings. The highest BCUT2D eigenvalue weighted by atomic mass is 16.6. The minimum absolute atomic E-state index is 0.00943. The number of nitrogens with zero attached hydrogens (tertiary/aromatic N) is 2. The van der Waals surface area contributed by atoms with Crippen LogP contribution in [-0.4, -0.2) is 35.4 Å². The highest BCUT2D eigenvalue weighted by molar-refractivity contribution is 5.80. The normalized spacial score (nSPS) is 10.1. The van der Waals surface area contributed by atoms with E-state index in [4.69, 9.17) is 0 Å². The number of nitro groups is 1. The number of carbonyl (C=O) groups excluding carboxylic acids is 1. The molecule has 8 heteroatoms.